The summed E-state index contributed by atoms with van der Waals surface area (Å²) in [5.74, 6) is 1.38. The average Bonchev–Trinajstić information content (AvgIpc) is 2.78. The molecule has 108 valence electrons. The van der Waals surface area contributed by atoms with Crippen LogP contribution in [0.3, 0.4) is 0 Å². The molecule has 0 aliphatic rings. The maximum absolute atomic E-state index is 10.3. The Labute approximate surface area is 131 Å². The van der Waals surface area contributed by atoms with Gasteiger partial charge in [-0.1, -0.05) is 6.07 Å². The molecule has 1 heterocycles. The van der Waals surface area contributed by atoms with E-state index in [0.29, 0.717) is 17.9 Å². The Morgan fingerprint density at radius 3 is 2.45 bits per heavy atom. The fourth-order valence-electron chi connectivity index (χ4n) is 1.98. The van der Waals surface area contributed by atoms with E-state index in [-0.39, 0.29) is 0 Å². The number of aliphatic hydroxyl groups is 1. The summed E-state index contributed by atoms with van der Waals surface area (Å²) in [6.07, 6.45) is 0.0373. The van der Waals surface area contributed by atoms with Crippen LogP contribution < -0.4 is 9.47 Å². The van der Waals surface area contributed by atoms with Gasteiger partial charge < -0.3 is 14.6 Å². The predicted molar refractivity (Wildman–Crippen MR) is 85.0 cm³/mol. The Balaban J connectivity index is 2.17. The lowest BCUT2D eigenvalue weighted by Crippen LogP contribution is -2.00. The van der Waals surface area contributed by atoms with Gasteiger partial charge in [-0.2, -0.15) is 0 Å². The van der Waals surface area contributed by atoms with Crippen LogP contribution in [0.1, 0.15) is 22.1 Å². The fourth-order valence-corrected chi connectivity index (χ4v) is 3.54. The standard InChI is InChI=1S/C15H17BrO3S/c1-9-6-14(20-15(9)16)11(17)7-10-4-5-12(18-2)13(8-10)19-3/h4-6,8,11,17H,7H2,1-3H3. The van der Waals surface area contributed by atoms with E-state index in [0.717, 1.165) is 19.8 Å². The Hall–Kier alpha value is -1.04. The number of thiophene rings is 1. The maximum Gasteiger partial charge on any atom is 0.160 e. The number of hydrogen-bond donors (Lipinski definition) is 1. The van der Waals surface area contributed by atoms with E-state index < -0.39 is 6.10 Å². The second kappa shape index (κ2) is 6.61. The molecule has 3 nitrogen and oxygen atoms in total. The van der Waals surface area contributed by atoms with Gasteiger partial charge >= 0.3 is 0 Å². The lowest BCUT2D eigenvalue weighted by molar-refractivity contribution is 0.182. The van der Waals surface area contributed by atoms with Gasteiger partial charge in [-0.3, -0.25) is 0 Å². The molecule has 0 fully saturated rings. The van der Waals surface area contributed by atoms with Crippen molar-refractivity contribution in [2.75, 3.05) is 14.2 Å². The third-order valence-corrected chi connectivity index (χ3v) is 5.32. The van der Waals surface area contributed by atoms with Crippen LogP contribution in [0.2, 0.25) is 0 Å². The van der Waals surface area contributed by atoms with Crippen LogP contribution >= 0.6 is 27.3 Å². The summed E-state index contributed by atoms with van der Waals surface area (Å²) >= 11 is 5.05. The summed E-state index contributed by atoms with van der Waals surface area (Å²) in [7, 11) is 3.22. The van der Waals surface area contributed by atoms with Crippen LogP contribution in [-0.2, 0) is 6.42 Å². The molecular formula is C15H17BrO3S. The number of hydrogen-bond acceptors (Lipinski definition) is 4. The maximum atomic E-state index is 10.3. The minimum Gasteiger partial charge on any atom is -0.493 e. The van der Waals surface area contributed by atoms with Crippen molar-refractivity contribution in [1.82, 2.24) is 0 Å². The zero-order valence-corrected chi connectivity index (χ0v) is 14.0. The number of ether oxygens (including phenoxy) is 2. The molecule has 2 aromatic rings. The zero-order valence-electron chi connectivity index (χ0n) is 11.6. The second-order valence-electron chi connectivity index (χ2n) is 4.51. The Kier molecular flexibility index (Phi) is 5.07. The van der Waals surface area contributed by atoms with Gasteiger partial charge in [0, 0.05) is 11.3 Å². The van der Waals surface area contributed by atoms with E-state index in [2.05, 4.69) is 15.9 Å². The number of rotatable bonds is 5. The molecule has 1 N–H and O–H groups in total. The van der Waals surface area contributed by atoms with Crippen LogP contribution in [0.4, 0.5) is 0 Å². The van der Waals surface area contributed by atoms with Crippen LogP contribution in [0.25, 0.3) is 0 Å². The lowest BCUT2D eigenvalue weighted by atomic mass is 10.1. The smallest absolute Gasteiger partial charge is 0.160 e. The summed E-state index contributed by atoms with van der Waals surface area (Å²) in [5, 5.41) is 10.3. The van der Waals surface area contributed by atoms with Crippen LogP contribution in [0.15, 0.2) is 28.1 Å². The number of benzene rings is 1. The molecule has 0 saturated heterocycles. The SMILES string of the molecule is COc1ccc(CC(O)c2cc(C)c(Br)s2)cc1OC. The van der Waals surface area contributed by atoms with E-state index in [1.54, 1.807) is 25.6 Å². The van der Waals surface area contributed by atoms with Crippen LogP contribution in [0.5, 0.6) is 11.5 Å². The number of aryl methyl sites for hydroxylation is 1. The first-order chi connectivity index (χ1) is 9.55. The normalized spacial score (nSPS) is 12.2. The molecule has 0 bridgehead atoms. The van der Waals surface area contributed by atoms with Gasteiger partial charge in [-0.15, -0.1) is 11.3 Å². The van der Waals surface area contributed by atoms with E-state index >= 15 is 0 Å². The third kappa shape index (κ3) is 3.34. The highest BCUT2D eigenvalue weighted by Gasteiger charge is 2.14. The van der Waals surface area contributed by atoms with E-state index in [1.165, 1.54) is 0 Å². The fraction of sp³-hybridized carbons (Fsp3) is 0.333. The van der Waals surface area contributed by atoms with Crippen LogP contribution in [-0.4, -0.2) is 19.3 Å². The number of methoxy groups -OCH3 is 2. The predicted octanol–water partition coefficient (Wildman–Crippen LogP) is 4.11. The third-order valence-electron chi connectivity index (χ3n) is 3.08. The minimum absolute atomic E-state index is 0.511. The van der Waals surface area contributed by atoms with E-state index in [4.69, 9.17) is 9.47 Å². The van der Waals surface area contributed by atoms with Gasteiger partial charge in [0.2, 0.25) is 0 Å². The Morgan fingerprint density at radius 1 is 1.20 bits per heavy atom. The molecule has 1 aromatic heterocycles. The molecule has 0 spiro atoms. The van der Waals surface area contributed by atoms with Crippen molar-refractivity contribution in [2.45, 2.75) is 19.4 Å². The average molecular weight is 357 g/mol. The highest BCUT2D eigenvalue weighted by molar-refractivity contribution is 9.11. The molecule has 20 heavy (non-hydrogen) atoms. The van der Waals surface area contributed by atoms with Gasteiger partial charge in [0.1, 0.15) is 0 Å². The van der Waals surface area contributed by atoms with E-state index in [1.807, 2.05) is 31.2 Å². The summed E-state index contributed by atoms with van der Waals surface area (Å²) in [6, 6.07) is 7.72. The topological polar surface area (TPSA) is 38.7 Å². The minimum atomic E-state index is -0.511. The van der Waals surface area contributed by atoms with Crippen molar-refractivity contribution >= 4 is 27.3 Å². The van der Waals surface area contributed by atoms with Gasteiger partial charge in [0.05, 0.1) is 24.1 Å². The molecular weight excluding hydrogens is 340 g/mol. The van der Waals surface area contributed by atoms with Crippen molar-refractivity contribution in [2.24, 2.45) is 0 Å². The van der Waals surface area contributed by atoms with Crippen LogP contribution in [0, 0.1) is 6.92 Å². The number of aliphatic hydroxyl groups excluding tert-OH is 1. The highest BCUT2D eigenvalue weighted by Crippen LogP contribution is 2.34. The van der Waals surface area contributed by atoms with Crippen molar-refractivity contribution < 1.29 is 14.6 Å². The quantitative estimate of drug-likeness (QED) is 0.875. The van der Waals surface area contributed by atoms with Crippen molar-refractivity contribution in [1.29, 1.82) is 0 Å². The molecule has 1 atom stereocenters. The first-order valence-corrected chi connectivity index (χ1v) is 7.81. The molecule has 0 saturated carbocycles. The molecule has 2 rings (SSSR count). The summed E-state index contributed by atoms with van der Waals surface area (Å²) in [4.78, 5) is 0.962. The lowest BCUT2D eigenvalue weighted by Gasteiger charge is -2.12. The number of halogens is 1. The highest BCUT2D eigenvalue weighted by atomic mass is 79.9. The van der Waals surface area contributed by atoms with Crippen molar-refractivity contribution in [3.63, 3.8) is 0 Å². The van der Waals surface area contributed by atoms with Gasteiger partial charge in [-0.05, 0) is 52.2 Å². The summed E-state index contributed by atoms with van der Waals surface area (Å²) in [6.45, 7) is 2.02. The first kappa shape index (κ1) is 15.4. The molecule has 1 unspecified atom stereocenters. The first-order valence-electron chi connectivity index (χ1n) is 6.20. The summed E-state index contributed by atoms with van der Waals surface area (Å²) in [5.41, 5.74) is 2.16. The van der Waals surface area contributed by atoms with Crippen molar-refractivity contribution in [3.8, 4) is 11.5 Å². The van der Waals surface area contributed by atoms with Gasteiger partial charge in [-0.25, -0.2) is 0 Å². The Bertz CT molecular complexity index is 575. The largest absolute Gasteiger partial charge is 0.493 e. The molecule has 0 radical (unpaired) electrons. The zero-order chi connectivity index (χ0) is 14.7. The second-order valence-corrected chi connectivity index (χ2v) is 6.92. The molecule has 0 amide bonds. The monoisotopic (exact) mass is 356 g/mol. The molecule has 0 aliphatic carbocycles. The summed E-state index contributed by atoms with van der Waals surface area (Å²) < 4.78 is 11.6. The Morgan fingerprint density at radius 2 is 1.90 bits per heavy atom. The van der Waals surface area contributed by atoms with Crippen molar-refractivity contribution in [3.05, 3.63) is 44.1 Å². The van der Waals surface area contributed by atoms with E-state index in [9.17, 15) is 5.11 Å². The van der Waals surface area contributed by atoms with Gasteiger partial charge in [0.25, 0.3) is 0 Å². The molecule has 0 aliphatic heterocycles. The van der Waals surface area contributed by atoms with Gasteiger partial charge in [0.15, 0.2) is 11.5 Å². The molecule has 5 heteroatoms. The molecule has 1 aromatic carbocycles.